The first-order valence-electron chi connectivity index (χ1n) is 31.8. The SMILES string of the molecule is Cc1ccc2c3ccc4c5ccc6c7ccc(C)c8c(C)ccc(c87)c7c6c5c5c6c(cc(c8ccc(C)c1c28)c3c46)c1c2c3ccc(C)c4c(C)ccc(c6ccc8c9ccc%10c%11ccc(C)c%12c(C)ccc(c%13cc%14c(c9c%10%13)c(c8c62)c1c5c%147)c%12%11)c43. The Balaban J connectivity index is 1.13. The van der Waals surface area contributed by atoms with Crippen LogP contribution in [0.25, 0.3) is 248 Å². The fourth-order valence-electron chi connectivity index (χ4n) is 20.8. The molecule has 0 heteroatoms. The lowest BCUT2D eigenvalue weighted by molar-refractivity contribution is 1.48. The van der Waals surface area contributed by atoms with Gasteiger partial charge in [-0.15, -0.1) is 0 Å². The van der Waals surface area contributed by atoms with Crippen molar-refractivity contribution in [2.75, 3.05) is 0 Å². The molecule has 24 aromatic carbocycles. The average Bonchev–Trinajstić information content (AvgIpc) is 0.638. The zero-order valence-electron chi connectivity index (χ0n) is 50.0. The molecular formula is C88H50. The van der Waals surface area contributed by atoms with E-state index in [-0.39, 0.29) is 0 Å². The summed E-state index contributed by atoms with van der Waals surface area (Å²) in [6, 6.07) is 64.9. The number of rotatable bonds is 0. The van der Waals surface area contributed by atoms with E-state index in [0.29, 0.717) is 0 Å². The van der Waals surface area contributed by atoms with Gasteiger partial charge in [0, 0.05) is 0 Å². The van der Waals surface area contributed by atoms with Crippen LogP contribution in [0.5, 0.6) is 0 Å². The molecule has 0 fully saturated rings. The van der Waals surface area contributed by atoms with Gasteiger partial charge in [0.2, 0.25) is 0 Å². The van der Waals surface area contributed by atoms with E-state index in [1.54, 1.807) is 0 Å². The summed E-state index contributed by atoms with van der Waals surface area (Å²) in [4.78, 5) is 0. The maximum absolute atomic E-state index is 2.75. The molecule has 0 amide bonds. The molecule has 0 nitrogen and oxygen atoms in total. The van der Waals surface area contributed by atoms with Gasteiger partial charge >= 0.3 is 0 Å². The molecule has 88 heavy (non-hydrogen) atoms. The third-order valence-electron chi connectivity index (χ3n) is 23.9. The zero-order chi connectivity index (χ0) is 57.6. The van der Waals surface area contributed by atoms with E-state index >= 15 is 0 Å². The second-order valence-corrected chi connectivity index (χ2v) is 27.8. The Labute approximate surface area is 502 Å². The van der Waals surface area contributed by atoms with E-state index in [1.165, 1.54) is 292 Å². The van der Waals surface area contributed by atoms with Crippen molar-refractivity contribution >= 4 is 248 Å². The van der Waals surface area contributed by atoms with Gasteiger partial charge < -0.3 is 0 Å². The van der Waals surface area contributed by atoms with Crippen LogP contribution in [0.4, 0.5) is 0 Å². The van der Waals surface area contributed by atoms with E-state index in [2.05, 4.69) is 213 Å². The summed E-state index contributed by atoms with van der Waals surface area (Å²) in [6.07, 6.45) is 0. The highest BCUT2D eigenvalue weighted by atomic mass is 14.4. The molecule has 24 aromatic rings. The fourth-order valence-corrected chi connectivity index (χ4v) is 20.8. The Morgan fingerprint density at radius 2 is 0.239 bits per heavy atom. The van der Waals surface area contributed by atoms with Gasteiger partial charge in [0.25, 0.3) is 0 Å². The summed E-state index contributed by atoms with van der Waals surface area (Å²) in [5.41, 5.74) is 10.7. The molecule has 0 aliphatic carbocycles. The van der Waals surface area contributed by atoms with Crippen molar-refractivity contribution in [3.63, 3.8) is 0 Å². The molecule has 0 aromatic heterocycles. The Hall–Kier alpha value is -10.4. The van der Waals surface area contributed by atoms with Crippen molar-refractivity contribution in [1.29, 1.82) is 0 Å². The summed E-state index contributed by atoms with van der Waals surface area (Å²) < 4.78 is 0. The summed E-state index contributed by atoms with van der Waals surface area (Å²) >= 11 is 0. The summed E-state index contributed by atoms with van der Waals surface area (Å²) in [5.74, 6) is 0. The molecule has 0 bridgehead atoms. The van der Waals surface area contributed by atoms with Gasteiger partial charge in [-0.05, 0) is 360 Å². The first-order chi connectivity index (χ1) is 43.0. The third kappa shape index (κ3) is 4.39. The summed E-state index contributed by atoms with van der Waals surface area (Å²) in [6.45, 7) is 18.6. The van der Waals surface area contributed by atoms with Crippen molar-refractivity contribution in [3.05, 3.63) is 202 Å². The molecule has 0 radical (unpaired) electrons. The quantitative estimate of drug-likeness (QED) is 0.105. The van der Waals surface area contributed by atoms with Gasteiger partial charge in [0.15, 0.2) is 0 Å². The van der Waals surface area contributed by atoms with Crippen LogP contribution in [-0.4, -0.2) is 0 Å². The van der Waals surface area contributed by atoms with Crippen molar-refractivity contribution in [2.45, 2.75) is 55.4 Å². The maximum atomic E-state index is 2.75. The zero-order valence-corrected chi connectivity index (χ0v) is 50.0. The minimum atomic E-state index is 1.34. The Kier molecular flexibility index (Phi) is 7.10. The first kappa shape index (κ1) is 45.0. The predicted molar refractivity (Wildman–Crippen MR) is 388 cm³/mol. The molecule has 0 unspecified atom stereocenters. The maximum Gasteiger partial charge on any atom is -0.0000238 e. The van der Waals surface area contributed by atoms with Crippen molar-refractivity contribution in [3.8, 4) is 0 Å². The van der Waals surface area contributed by atoms with Gasteiger partial charge in [-0.2, -0.15) is 0 Å². The Morgan fingerprint density at radius 3 is 0.500 bits per heavy atom. The molecule has 0 saturated heterocycles. The molecule has 0 heterocycles. The number of fused-ring (bicyclic) bond motifs is 14. The second-order valence-electron chi connectivity index (χ2n) is 27.8. The monoisotopic (exact) mass is 1110 g/mol. The van der Waals surface area contributed by atoms with E-state index < -0.39 is 0 Å². The molecule has 0 N–H and O–H groups in total. The van der Waals surface area contributed by atoms with Gasteiger partial charge in [-0.3, -0.25) is 0 Å². The topological polar surface area (TPSA) is 0 Å². The van der Waals surface area contributed by atoms with E-state index in [4.69, 9.17) is 0 Å². The standard InChI is InChI=1S/C88H50/c1-35-9-17-43-47-25-27-51-53-31-29-50-46-20-12-40(6)66-42(8)16-24-58(70(46)66)80-76(50)77(53)85-81-61(33-59(71(47)73(51)81)55-21-13-37(3)63(35)67(43)55)83-79-57-23-15-41(7)65-39(5)11-19-45(69(57)65)49-30-32-54-52-28-26-48-44-18-10-36(2)64-38(4)14-22-56(68(44)64)60-34-62-82(74(52)72(48)60)86(78(54)75(49)79)87(83)88(85)84(62)80/h9-34H,1-8H3. The van der Waals surface area contributed by atoms with Crippen molar-refractivity contribution < 1.29 is 0 Å². The normalized spacial score (nSPS) is 13.7. The average molecular weight is 1110 g/mol. The lowest BCUT2D eigenvalue weighted by Gasteiger charge is -2.31. The highest BCUT2D eigenvalue weighted by molar-refractivity contribution is 6.65. The molecular weight excluding hydrogens is 1060 g/mol. The number of benzene rings is 24. The van der Waals surface area contributed by atoms with E-state index in [9.17, 15) is 0 Å². The lowest BCUT2D eigenvalue weighted by Crippen LogP contribution is -2.02. The van der Waals surface area contributed by atoms with Gasteiger partial charge in [-0.1, -0.05) is 146 Å². The van der Waals surface area contributed by atoms with Crippen LogP contribution >= 0.6 is 0 Å². The lowest BCUT2D eigenvalue weighted by atomic mass is 9.71. The molecule has 402 valence electrons. The highest BCUT2D eigenvalue weighted by Crippen LogP contribution is 2.64. The Bertz CT molecular complexity index is 7030. The minimum absolute atomic E-state index is 1.34. The molecule has 0 aliphatic heterocycles. The molecule has 0 atom stereocenters. The van der Waals surface area contributed by atoms with Crippen LogP contribution in [0.15, 0.2) is 158 Å². The smallest absolute Gasteiger partial charge is 0.0000238 e. The largest absolute Gasteiger partial charge is 0.0581 e. The van der Waals surface area contributed by atoms with Crippen LogP contribution in [0, 0.1) is 55.4 Å². The van der Waals surface area contributed by atoms with E-state index in [0.717, 1.165) is 0 Å². The highest BCUT2D eigenvalue weighted by Gasteiger charge is 2.35. The summed E-state index contributed by atoms with van der Waals surface area (Å²) in [7, 11) is 0. The fraction of sp³-hybridized carbons (Fsp3) is 0.0909. The van der Waals surface area contributed by atoms with Crippen LogP contribution in [-0.2, 0) is 0 Å². The number of hydrogen-bond acceptors (Lipinski definition) is 0. The van der Waals surface area contributed by atoms with Crippen molar-refractivity contribution in [1.82, 2.24) is 0 Å². The molecule has 0 saturated carbocycles. The van der Waals surface area contributed by atoms with Gasteiger partial charge in [0.05, 0.1) is 0 Å². The van der Waals surface area contributed by atoms with Crippen LogP contribution in [0.1, 0.15) is 44.5 Å². The van der Waals surface area contributed by atoms with E-state index in [1.807, 2.05) is 0 Å². The summed E-state index contributed by atoms with van der Waals surface area (Å²) in [5, 5.41) is 63.8. The number of hydrogen-bond donors (Lipinski definition) is 0. The van der Waals surface area contributed by atoms with Crippen LogP contribution < -0.4 is 0 Å². The first-order valence-corrected chi connectivity index (χ1v) is 31.8. The number of aryl methyl sites for hydroxylation is 8. The minimum Gasteiger partial charge on any atom is -0.0581 e. The van der Waals surface area contributed by atoms with Crippen molar-refractivity contribution in [2.24, 2.45) is 0 Å². The Morgan fingerprint density at radius 1 is 0.102 bits per heavy atom. The van der Waals surface area contributed by atoms with Crippen LogP contribution in [0.3, 0.4) is 0 Å². The predicted octanol–water partition coefficient (Wildman–Crippen LogP) is 25.6. The van der Waals surface area contributed by atoms with Crippen LogP contribution in [0.2, 0.25) is 0 Å². The third-order valence-corrected chi connectivity index (χ3v) is 23.9. The van der Waals surface area contributed by atoms with Gasteiger partial charge in [-0.25, -0.2) is 0 Å². The molecule has 24 rings (SSSR count). The molecule has 0 aliphatic rings. The second kappa shape index (κ2) is 13.9. The molecule has 0 spiro atoms. The van der Waals surface area contributed by atoms with Gasteiger partial charge in [0.1, 0.15) is 0 Å².